The molecule has 0 aliphatic rings. The first kappa shape index (κ1) is 10.5. The summed E-state index contributed by atoms with van der Waals surface area (Å²) in [5.74, 6) is -0.0526. The van der Waals surface area contributed by atoms with Crippen molar-refractivity contribution < 1.29 is 10.9 Å². The fourth-order valence-electron chi connectivity index (χ4n) is 0.999. The Morgan fingerprint density at radius 2 is 2.27 bits per heavy atom. The van der Waals surface area contributed by atoms with Crippen LogP contribution in [-0.2, 0) is 15.3 Å². The van der Waals surface area contributed by atoms with E-state index in [1.54, 1.807) is 0 Å². The Labute approximate surface area is 95.4 Å². The molecule has 4 heteroatoms. The second-order valence-corrected chi connectivity index (χ2v) is 3.89. The molecule has 0 amide bonds. The fraction of sp³-hybridized carbons (Fsp3) is 0.364. The second kappa shape index (κ2) is 6.48. The number of benzene rings is 1. The van der Waals surface area contributed by atoms with Crippen molar-refractivity contribution in [3.05, 3.63) is 35.9 Å². The maximum Gasteiger partial charge on any atom is 0.323 e. The maximum absolute atomic E-state index is 11.0. The first-order chi connectivity index (χ1) is 7.65. The molecule has 82 valence electrons. The molecule has 3 nitrogen and oxygen atoms in total. The lowest BCUT2D eigenvalue weighted by Crippen LogP contribution is -2.33. The normalized spacial score (nSPS) is 15.2. The van der Waals surface area contributed by atoms with E-state index in [1.807, 2.05) is 30.3 Å². The van der Waals surface area contributed by atoms with E-state index in [0.717, 1.165) is 5.56 Å². The third-order valence-corrected chi connectivity index (χ3v) is 2.79. The van der Waals surface area contributed by atoms with E-state index in [-0.39, 0.29) is 0 Å². The number of thioether (sulfide) groups is 1. The quantitative estimate of drug-likeness (QED) is 0.771. The molecule has 1 unspecified atom stereocenters. The molecule has 0 spiro atoms. The number of nitrogens with two attached hydrogens (primary N) is 1. The minimum Gasteiger partial charge on any atom is -0.468 e. The Bertz CT molecular complexity index is 334. The number of carbonyl (C=O) groups is 1. The number of ether oxygens (including phenoxy) is 1. The molecule has 0 aliphatic heterocycles. The smallest absolute Gasteiger partial charge is 0.323 e. The van der Waals surface area contributed by atoms with Crippen molar-refractivity contribution in [2.75, 3.05) is 12.9 Å². The van der Waals surface area contributed by atoms with Crippen LogP contribution >= 0.6 is 11.8 Å². The molecule has 0 saturated carbocycles. The molecule has 2 atom stereocenters. The van der Waals surface area contributed by atoms with Gasteiger partial charge in [-0.05, 0) is 5.56 Å². The van der Waals surface area contributed by atoms with E-state index < -0.39 is 17.7 Å². The highest BCUT2D eigenvalue weighted by atomic mass is 32.2. The Morgan fingerprint density at radius 1 is 1.60 bits per heavy atom. The van der Waals surface area contributed by atoms with Gasteiger partial charge in [-0.2, -0.15) is 11.8 Å². The van der Waals surface area contributed by atoms with Crippen LogP contribution in [0, 0.1) is 0 Å². The van der Waals surface area contributed by atoms with Crippen molar-refractivity contribution in [1.29, 1.82) is 0 Å². The molecule has 0 radical (unpaired) electrons. The Hall–Kier alpha value is -1.00. The summed E-state index contributed by atoms with van der Waals surface area (Å²) in [4.78, 5) is 11.0. The molecule has 0 bridgehead atoms. The summed E-state index contributed by atoms with van der Waals surface area (Å²) in [6, 6.07) is 8.78. The van der Waals surface area contributed by atoms with E-state index in [9.17, 15) is 4.79 Å². The average molecular weight is 226 g/mol. The first-order valence-electron chi connectivity index (χ1n) is 5.15. The highest BCUT2D eigenvalue weighted by Gasteiger charge is 2.12. The van der Waals surface area contributed by atoms with Crippen LogP contribution in [0.5, 0.6) is 0 Å². The van der Waals surface area contributed by atoms with Gasteiger partial charge in [-0.3, -0.25) is 4.79 Å². The highest BCUT2D eigenvalue weighted by molar-refractivity contribution is 7.98. The van der Waals surface area contributed by atoms with Crippen LogP contribution in [0.15, 0.2) is 30.3 Å². The van der Waals surface area contributed by atoms with E-state index in [2.05, 4.69) is 4.74 Å². The van der Waals surface area contributed by atoms with Gasteiger partial charge in [0.25, 0.3) is 0 Å². The molecule has 1 aromatic rings. The van der Waals surface area contributed by atoms with Crippen LogP contribution in [0.25, 0.3) is 0 Å². The van der Waals surface area contributed by atoms with Crippen LogP contribution in [-0.4, -0.2) is 24.9 Å². The molecule has 2 N–H and O–H groups in total. The van der Waals surface area contributed by atoms with Crippen LogP contribution in [0.4, 0.5) is 0 Å². The molecule has 0 heterocycles. The lowest BCUT2D eigenvalue weighted by Gasteiger charge is -2.08. The van der Waals surface area contributed by atoms with Gasteiger partial charge in [0.05, 0.1) is 7.11 Å². The molecule has 0 aromatic heterocycles. The lowest BCUT2D eigenvalue weighted by atomic mass is 10.2. The number of hydrogen-bond acceptors (Lipinski definition) is 4. The van der Waals surface area contributed by atoms with Crippen LogP contribution < -0.4 is 5.73 Å². The summed E-state index contributed by atoms with van der Waals surface area (Å²) in [5.41, 5.74) is 6.06. The molecule has 1 rings (SSSR count). The highest BCUT2D eigenvalue weighted by Crippen LogP contribution is 2.12. The summed E-state index contributed by atoms with van der Waals surface area (Å²) in [7, 11) is 1.31. The summed E-state index contributed by atoms with van der Waals surface area (Å²) < 4.78 is 12.4. The predicted octanol–water partition coefficient (Wildman–Crippen LogP) is 1.42. The second-order valence-electron chi connectivity index (χ2n) is 2.99. The predicted molar refractivity (Wildman–Crippen MR) is 62.6 cm³/mol. The van der Waals surface area contributed by atoms with E-state index in [4.69, 9.17) is 7.10 Å². The van der Waals surface area contributed by atoms with Gasteiger partial charge in [0.1, 0.15) is 6.04 Å². The molecule has 1 aromatic carbocycles. The van der Waals surface area contributed by atoms with Crippen molar-refractivity contribution >= 4 is 17.7 Å². The fourth-order valence-corrected chi connectivity index (χ4v) is 1.79. The van der Waals surface area contributed by atoms with E-state index in [1.165, 1.54) is 18.9 Å². The monoisotopic (exact) mass is 226 g/mol. The molecule has 15 heavy (non-hydrogen) atoms. The molecule has 0 aliphatic carbocycles. The van der Waals surface area contributed by atoms with Gasteiger partial charge < -0.3 is 10.5 Å². The Balaban J connectivity index is 2.41. The summed E-state index contributed by atoms with van der Waals surface area (Å²) in [6.45, 7) is 0. The van der Waals surface area contributed by atoms with E-state index in [0.29, 0.717) is 5.75 Å². The maximum atomic E-state index is 11.0. The third kappa shape index (κ3) is 4.36. The summed E-state index contributed by atoms with van der Waals surface area (Å²) in [5, 5.41) is 0. The van der Waals surface area contributed by atoms with Crippen molar-refractivity contribution in [2.24, 2.45) is 5.73 Å². The largest absolute Gasteiger partial charge is 0.468 e. The number of rotatable bonds is 5. The minimum absolute atomic E-state index is 0.385. The van der Waals surface area contributed by atoms with Gasteiger partial charge in [-0.15, -0.1) is 0 Å². The minimum atomic E-state index is -0.661. The number of esters is 1. The van der Waals surface area contributed by atoms with Crippen molar-refractivity contribution in [2.45, 2.75) is 11.8 Å². The van der Waals surface area contributed by atoms with Crippen LogP contribution in [0.2, 0.25) is 0 Å². The van der Waals surface area contributed by atoms with Gasteiger partial charge in [0.15, 0.2) is 0 Å². The van der Waals surface area contributed by atoms with Gasteiger partial charge >= 0.3 is 5.97 Å². The van der Waals surface area contributed by atoms with Crippen molar-refractivity contribution in [3.8, 4) is 0 Å². The van der Waals surface area contributed by atoms with Gasteiger partial charge in [0, 0.05) is 12.9 Å². The SMILES string of the molecule is [2H]C(SC[C@H](N)C(=O)OC)c1ccccc1. The Kier molecular flexibility index (Phi) is 4.54. The van der Waals surface area contributed by atoms with Gasteiger partial charge in [0.2, 0.25) is 0 Å². The molecular formula is C11H15NO2S. The number of carbonyl (C=O) groups excluding carboxylic acids is 1. The summed E-state index contributed by atoms with van der Waals surface area (Å²) >= 11 is 1.32. The first-order valence-corrected chi connectivity index (χ1v) is 5.62. The van der Waals surface area contributed by atoms with Gasteiger partial charge in [-0.1, -0.05) is 30.3 Å². The number of hydrogen-bond donors (Lipinski definition) is 1. The standard InChI is InChI=1S/C11H15NO2S/c1-14-11(13)10(12)8-15-7-9-5-3-2-4-6-9/h2-6,10H,7-8,12H2,1H3/t10-/m0/s1/i7D/t7?,10-. The van der Waals surface area contributed by atoms with E-state index >= 15 is 0 Å². The zero-order chi connectivity index (χ0) is 12.0. The zero-order valence-corrected chi connectivity index (χ0v) is 9.37. The number of methoxy groups -OCH3 is 1. The molecule has 0 saturated heterocycles. The third-order valence-electron chi connectivity index (χ3n) is 1.80. The lowest BCUT2D eigenvalue weighted by molar-refractivity contribution is -0.141. The average Bonchev–Trinajstić information content (AvgIpc) is 2.35. The zero-order valence-electron chi connectivity index (χ0n) is 9.55. The van der Waals surface area contributed by atoms with Crippen molar-refractivity contribution in [3.63, 3.8) is 0 Å². The van der Waals surface area contributed by atoms with Gasteiger partial charge in [-0.25, -0.2) is 0 Å². The summed E-state index contributed by atoms with van der Waals surface area (Å²) in [6.07, 6.45) is 0. The molecular weight excluding hydrogens is 210 g/mol. The topological polar surface area (TPSA) is 52.3 Å². The van der Waals surface area contributed by atoms with Crippen LogP contribution in [0.3, 0.4) is 0 Å². The van der Waals surface area contributed by atoms with Crippen LogP contribution in [0.1, 0.15) is 6.93 Å². The van der Waals surface area contributed by atoms with Crippen molar-refractivity contribution in [1.82, 2.24) is 0 Å². The Morgan fingerprint density at radius 3 is 2.87 bits per heavy atom. The molecule has 0 fully saturated rings.